The minimum atomic E-state index is 0.638. The Morgan fingerprint density at radius 1 is 0.448 bits per heavy atom. The summed E-state index contributed by atoms with van der Waals surface area (Å²) in [5.41, 5.74) is 17.5. The zero-order chi connectivity index (χ0) is 38.7. The third-order valence-electron chi connectivity index (χ3n) is 11.4. The molecule has 0 radical (unpaired) electrons. The van der Waals surface area contributed by atoms with Gasteiger partial charge in [0, 0.05) is 32.0 Å². The van der Waals surface area contributed by atoms with E-state index in [1.165, 1.54) is 76.2 Å². The van der Waals surface area contributed by atoms with Crippen LogP contribution >= 0.6 is 11.8 Å². The molecule has 0 spiro atoms. The van der Waals surface area contributed by atoms with Crippen LogP contribution in [0.3, 0.4) is 0 Å². The van der Waals surface area contributed by atoms with Gasteiger partial charge in [0.15, 0.2) is 17.5 Å². The summed E-state index contributed by atoms with van der Waals surface area (Å²) in [6.07, 6.45) is 6.34. The van der Waals surface area contributed by atoms with Gasteiger partial charge in [-0.05, 0) is 85.0 Å². The molecule has 0 amide bonds. The van der Waals surface area contributed by atoms with Gasteiger partial charge in [-0.25, -0.2) is 15.0 Å². The Bertz CT molecular complexity index is 3090. The lowest BCUT2D eigenvalue weighted by atomic mass is 9.83. The lowest BCUT2D eigenvalue weighted by molar-refractivity contribution is 1.07. The van der Waals surface area contributed by atoms with Gasteiger partial charge in [0.2, 0.25) is 0 Å². The number of benzene rings is 8. The van der Waals surface area contributed by atoms with Crippen LogP contribution in [-0.4, -0.2) is 15.0 Å². The van der Waals surface area contributed by atoms with E-state index in [1.54, 1.807) is 0 Å². The molecule has 0 saturated carbocycles. The van der Waals surface area contributed by atoms with Gasteiger partial charge in [0.25, 0.3) is 0 Å². The van der Waals surface area contributed by atoms with Crippen molar-refractivity contribution >= 4 is 34.7 Å². The van der Waals surface area contributed by atoms with Crippen molar-refractivity contribution in [3.8, 4) is 89.8 Å². The molecule has 2 aliphatic rings. The van der Waals surface area contributed by atoms with Gasteiger partial charge in [-0.3, -0.25) is 0 Å². The van der Waals surface area contributed by atoms with E-state index in [0.717, 1.165) is 27.8 Å². The highest BCUT2D eigenvalue weighted by molar-refractivity contribution is 8.00. The SMILES string of the molecule is C=Cc1c(/C=C\C)ccc2c1Sc1c3c(cc4ccccc14)-c1ccc(-c4ccc(-c5nc(-c6ccccc6)nc(-c6ccccc6)n5)cc4)c(c1-2)-c1ccccc1-3. The van der Waals surface area contributed by atoms with Crippen molar-refractivity contribution in [1.82, 2.24) is 15.0 Å². The Labute approximate surface area is 342 Å². The number of hydrogen-bond donors (Lipinski definition) is 0. The number of rotatable bonds is 6. The largest absolute Gasteiger partial charge is 0.208 e. The fraction of sp³-hybridized carbons (Fsp3) is 0.0185. The topological polar surface area (TPSA) is 38.7 Å². The van der Waals surface area contributed by atoms with Crippen molar-refractivity contribution < 1.29 is 0 Å². The molecule has 3 nitrogen and oxygen atoms in total. The third-order valence-corrected chi connectivity index (χ3v) is 12.6. The van der Waals surface area contributed by atoms with Crippen LogP contribution in [-0.2, 0) is 0 Å². The molecule has 11 rings (SSSR count). The highest BCUT2D eigenvalue weighted by atomic mass is 32.2. The molecule has 1 aliphatic heterocycles. The van der Waals surface area contributed by atoms with Gasteiger partial charge in [0.1, 0.15) is 0 Å². The molecule has 1 aromatic heterocycles. The van der Waals surface area contributed by atoms with Crippen molar-refractivity contribution in [1.29, 1.82) is 0 Å². The molecule has 58 heavy (non-hydrogen) atoms. The molecule has 9 aromatic rings. The molecule has 8 aromatic carbocycles. The van der Waals surface area contributed by atoms with Crippen molar-refractivity contribution in [2.24, 2.45) is 0 Å². The second kappa shape index (κ2) is 13.8. The Kier molecular flexibility index (Phi) is 8.12. The maximum Gasteiger partial charge on any atom is 0.164 e. The van der Waals surface area contributed by atoms with Crippen LogP contribution in [0.2, 0.25) is 0 Å². The normalized spacial score (nSPS) is 12.2. The fourth-order valence-electron chi connectivity index (χ4n) is 8.74. The van der Waals surface area contributed by atoms with Crippen molar-refractivity contribution in [3.05, 3.63) is 188 Å². The van der Waals surface area contributed by atoms with Crippen LogP contribution in [0.1, 0.15) is 18.1 Å². The quantitative estimate of drug-likeness (QED) is 0.169. The van der Waals surface area contributed by atoms with Crippen molar-refractivity contribution in [2.75, 3.05) is 0 Å². The van der Waals surface area contributed by atoms with Crippen LogP contribution in [0.15, 0.2) is 186 Å². The van der Waals surface area contributed by atoms with E-state index in [4.69, 9.17) is 15.0 Å². The molecule has 0 atom stereocenters. The lowest BCUT2D eigenvalue weighted by Crippen LogP contribution is -2.00. The van der Waals surface area contributed by atoms with E-state index < -0.39 is 0 Å². The number of nitrogens with zero attached hydrogens (tertiary/aromatic N) is 3. The predicted octanol–water partition coefficient (Wildman–Crippen LogP) is 14.8. The predicted molar refractivity (Wildman–Crippen MR) is 243 cm³/mol. The Morgan fingerprint density at radius 2 is 0.983 bits per heavy atom. The van der Waals surface area contributed by atoms with Gasteiger partial charge in [0.05, 0.1) is 0 Å². The molecule has 0 fully saturated rings. The number of allylic oxidation sites excluding steroid dienone is 1. The lowest BCUT2D eigenvalue weighted by Gasteiger charge is -2.25. The van der Waals surface area contributed by atoms with Gasteiger partial charge in [-0.15, -0.1) is 0 Å². The summed E-state index contributed by atoms with van der Waals surface area (Å²) in [6, 6.07) is 58.5. The summed E-state index contributed by atoms with van der Waals surface area (Å²) in [4.78, 5) is 17.4. The molecule has 6 bridgehead atoms. The summed E-state index contributed by atoms with van der Waals surface area (Å²) >= 11 is 1.89. The van der Waals surface area contributed by atoms with E-state index >= 15 is 0 Å². The average molecular weight is 758 g/mol. The molecular weight excluding hydrogens is 723 g/mol. The molecule has 4 heteroatoms. The maximum atomic E-state index is 5.01. The monoisotopic (exact) mass is 757 g/mol. The van der Waals surface area contributed by atoms with Crippen molar-refractivity contribution in [2.45, 2.75) is 16.7 Å². The van der Waals surface area contributed by atoms with Gasteiger partial charge < -0.3 is 0 Å². The Balaban J connectivity index is 1.15. The van der Waals surface area contributed by atoms with Gasteiger partial charge in [-0.2, -0.15) is 0 Å². The zero-order valence-corrected chi connectivity index (χ0v) is 32.6. The van der Waals surface area contributed by atoms with Crippen LogP contribution < -0.4 is 0 Å². The first-order valence-electron chi connectivity index (χ1n) is 19.6. The van der Waals surface area contributed by atoms with Crippen molar-refractivity contribution in [3.63, 3.8) is 0 Å². The minimum Gasteiger partial charge on any atom is -0.208 e. The molecule has 2 heterocycles. The number of aromatic nitrogens is 3. The van der Waals surface area contributed by atoms with Crippen LogP contribution in [0.25, 0.3) is 113 Å². The fourth-order valence-corrected chi connectivity index (χ4v) is 10.2. The van der Waals surface area contributed by atoms with E-state index in [-0.39, 0.29) is 0 Å². The molecule has 0 saturated heterocycles. The average Bonchev–Trinajstić information content (AvgIpc) is 3.32. The maximum absolute atomic E-state index is 5.01. The second-order valence-corrected chi connectivity index (χ2v) is 15.7. The summed E-state index contributed by atoms with van der Waals surface area (Å²) in [5, 5.41) is 2.50. The molecule has 1 aliphatic carbocycles. The summed E-state index contributed by atoms with van der Waals surface area (Å²) in [6.45, 7) is 6.44. The summed E-state index contributed by atoms with van der Waals surface area (Å²) in [7, 11) is 0. The van der Waals surface area contributed by atoms with E-state index in [0.29, 0.717) is 17.5 Å². The van der Waals surface area contributed by atoms with Crippen LogP contribution in [0.5, 0.6) is 0 Å². The van der Waals surface area contributed by atoms with E-state index in [1.807, 2.05) is 78.5 Å². The zero-order valence-electron chi connectivity index (χ0n) is 31.8. The van der Waals surface area contributed by atoms with E-state index in [9.17, 15) is 0 Å². The number of hydrogen-bond acceptors (Lipinski definition) is 4. The Hall–Kier alpha value is -7.14. The van der Waals surface area contributed by atoms with E-state index in [2.05, 4.69) is 129 Å². The minimum absolute atomic E-state index is 0.638. The summed E-state index contributed by atoms with van der Waals surface area (Å²) < 4.78 is 0. The Morgan fingerprint density at radius 3 is 1.64 bits per heavy atom. The first-order chi connectivity index (χ1) is 28.7. The molecule has 0 unspecified atom stereocenters. The molecular formula is C54H35N3S. The highest BCUT2D eigenvalue weighted by Gasteiger charge is 2.33. The van der Waals surface area contributed by atoms with Gasteiger partial charge in [-0.1, -0.05) is 194 Å². The molecule has 0 N–H and O–H groups in total. The summed E-state index contributed by atoms with van der Waals surface area (Å²) in [5.74, 6) is 1.94. The van der Waals surface area contributed by atoms with Gasteiger partial charge >= 0.3 is 0 Å². The van der Waals surface area contributed by atoms with Crippen LogP contribution in [0, 0.1) is 0 Å². The van der Waals surface area contributed by atoms with Crippen LogP contribution in [0.4, 0.5) is 0 Å². The third kappa shape index (κ3) is 5.41. The first-order valence-corrected chi connectivity index (χ1v) is 20.4. The second-order valence-electron chi connectivity index (χ2n) is 14.7. The standard InChI is InChI=1S/C54H35N3S/c1-3-15-33-28-29-45-48-44-31-30-40(34-24-26-37(27-25-34)54-56-52(35-16-7-5-8-17-35)55-53(57-54)36-18-9-6-10-19-36)47(48)42-22-13-14-23-43(42)49-46(44)32-38-20-11-12-21-41(38)51(49)58-50(45)39(33)4-2/h3-32H,2H2,1H3/b15-3-. The first kappa shape index (κ1) is 34.1. The number of fused-ring (bicyclic) bond motifs is 5. The molecule has 272 valence electrons. The smallest absolute Gasteiger partial charge is 0.164 e. The highest BCUT2D eigenvalue weighted by Crippen LogP contribution is 2.61.